The molecule has 0 aromatic heterocycles. The predicted molar refractivity (Wildman–Crippen MR) is 73.4 cm³/mol. The largest absolute Gasteiger partial charge is 0.352 e. The highest BCUT2D eigenvalue weighted by molar-refractivity contribution is 7.99. The van der Waals surface area contributed by atoms with Crippen LogP contribution in [0.1, 0.15) is 44.9 Å². The molecule has 2 fully saturated rings. The fourth-order valence-corrected chi connectivity index (χ4v) is 4.13. The van der Waals surface area contributed by atoms with Gasteiger partial charge < -0.3 is 10.6 Å². The number of carbonyl (C=O) groups is 1. The highest BCUT2D eigenvalue weighted by atomic mass is 32.2. The van der Waals surface area contributed by atoms with Gasteiger partial charge in [-0.3, -0.25) is 4.79 Å². The molecule has 1 saturated heterocycles. The molecule has 1 atom stereocenters. The van der Waals surface area contributed by atoms with Gasteiger partial charge in [-0.1, -0.05) is 19.3 Å². The van der Waals surface area contributed by atoms with E-state index in [-0.39, 0.29) is 11.4 Å². The van der Waals surface area contributed by atoms with Gasteiger partial charge in [-0.25, -0.2) is 0 Å². The van der Waals surface area contributed by atoms with Gasteiger partial charge in [-0.2, -0.15) is 11.8 Å². The molecule has 1 saturated carbocycles. The number of amides is 1. The molecule has 0 radical (unpaired) electrons. The monoisotopic (exact) mass is 256 g/mol. The Morgan fingerprint density at radius 1 is 1.35 bits per heavy atom. The zero-order valence-electron chi connectivity index (χ0n) is 10.8. The van der Waals surface area contributed by atoms with Gasteiger partial charge in [0.1, 0.15) is 0 Å². The minimum absolute atomic E-state index is 0.0775. The van der Waals surface area contributed by atoms with Crippen molar-refractivity contribution in [1.82, 2.24) is 10.6 Å². The van der Waals surface area contributed by atoms with E-state index in [0.717, 1.165) is 25.0 Å². The van der Waals surface area contributed by atoms with Crippen LogP contribution < -0.4 is 10.6 Å². The van der Waals surface area contributed by atoms with Gasteiger partial charge in [0.25, 0.3) is 0 Å². The Hall–Kier alpha value is -0.220. The molecule has 1 unspecified atom stereocenters. The van der Waals surface area contributed by atoms with E-state index < -0.39 is 0 Å². The summed E-state index contributed by atoms with van der Waals surface area (Å²) in [6.45, 7) is 0. The summed E-state index contributed by atoms with van der Waals surface area (Å²) in [6.07, 6.45) is 7.94. The molecule has 1 heterocycles. The van der Waals surface area contributed by atoms with Crippen molar-refractivity contribution in [2.45, 2.75) is 56.5 Å². The van der Waals surface area contributed by atoms with Crippen LogP contribution in [0.3, 0.4) is 0 Å². The molecule has 1 aliphatic heterocycles. The van der Waals surface area contributed by atoms with Gasteiger partial charge >= 0.3 is 0 Å². The first-order valence-electron chi connectivity index (χ1n) is 6.80. The molecule has 2 N–H and O–H groups in total. The van der Waals surface area contributed by atoms with E-state index in [2.05, 4.69) is 10.6 Å². The highest BCUT2D eigenvalue weighted by Crippen LogP contribution is 2.30. The van der Waals surface area contributed by atoms with Crippen molar-refractivity contribution in [3.05, 3.63) is 0 Å². The van der Waals surface area contributed by atoms with Gasteiger partial charge in [-0.05, 0) is 32.1 Å². The lowest BCUT2D eigenvalue weighted by Crippen LogP contribution is -2.49. The molecule has 0 aromatic rings. The first-order valence-corrected chi connectivity index (χ1v) is 7.96. The molecular weight excluding hydrogens is 232 g/mol. The molecule has 0 bridgehead atoms. The summed E-state index contributed by atoms with van der Waals surface area (Å²) >= 11 is 1.94. The van der Waals surface area contributed by atoms with E-state index in [1.165, 1.54) is 25.0 Å². The number of hydrogen-bond donors (Lipinski definition) is 2. The van der Waals surface area contributed by atoms with Crippen molar-refractivity contribution < 1.29 is 4.79 Å². The lowest BCUT2D eigenvalue weighted by atomic mass is 9.79. The van der Waals surface area contributed by atoms with Crippen LogP contribution in [-0.4, -0.2) is 36.0 Å². The molecule has 0 spiro atoms. The first kappa shape index (κ1) is 13.2. The summed E-state index contributed by atoms with van der Waals surface area (Å²) in [6, 6.07) is 0.421. The van der Waals surface area contributed by atoms with Crippen LogP contribution in [0.25, 0.3) is 0 Å². The Morgan fingerprint density at radius 2 is 2.12 bits per heavy atom. The summed E-state index contributed by atoms with van der Waals surface area (Å²) in [7, 11) is 2.00. The Bertz CT molecular complexity index is 258. The zero-order chi connectivity index (χ0) is 12.1. The Kier molecular flexibility index (Phi) is 4.74. The maximum atomic E-state index is 12.1. The van der Waals surface area contributed by atoms with Crippen LogP contribution in [0.4, 0.5) is 0 Å². The fraction of sp³-hybridized carbons (Fsp3) is 0.923. The molecule has 1 aliphatic carbocycles. The van der Waals surface area contributed by atoms with Gasteiger partial charge in [-0.15, -0.1) is 0 Å². The summed E-state index contributed by atoms with van der Waals surface area (Å²) in [5.74, 6) is 2.54. The lowest BCUT2D eigenvalue weighted by Gasteiger charge is -2.37. The molecule has 0 aromatic carbocycles. The SMILES string of the molecule is CNC1(CC(=O)NC2CCSC2)CCCCC1. The number of thioether (sulfide) groups is 1. The Morgan fingerprint density at radius 3 is 2.71 bits per heavy atom. The molecule has 4 heteroatoms. The van der Waals surface area contributed by atoms with Gasteiger partial charge in [0, 0.05) is 23.8 Å². The van der Waals surface area contributed by atoms with E-state index >= 15 is 0 Å². The minimum atomic E-state index is 0.0775. The van der Waals surface area contributed by atoms with Crippen molar-refractivity contribution >= 4 is 17.7 Å². The second kappa shape index (κ2) is 6.10. The predicted octanol–water partition coefficient (Wildman–Crippen LogP) is 1.92. The van der Waals surface area contributed by atoms with Crippen LogP contribution in [0.15, 0.2) is 0 Å². The fourth-order valence-electron chi connectivity index (χ4n) is 2.98. The first-order chi connectivity index (χ1) is 8.24. The maximum absolute atomic E-state index is 12.1. The third-order valence-electron chi connectivity index (χ3n) is 4.13. The minimum Gasteiger partial charge on any atom is -0.352 e. The van der Waals surface area contributed by atoms with Crippen LogP contribution in [0, 0.1) is 0 Å². The topological polar surface area (TPSA) is 41.1 Å². The van der Waals surface area contributed by atoms with Crippen LogP contribution >= 0.6 is 11.8 Å². The zero-order valence-corrected chi connectivity index (χ0v) is 11.6. The lowest BCUT2D eigenvalue weighted by molar-refractivity contribution is -0.123. The van der Waals surface area contributed by atoms with Crippen molar-refractivity contribution in [3.8, 4) is 0 Å². The summed E-state index contributed by atoms with van der Waals surface area (Å²) in [4.78, 5) is 12.1. The molecule has 3 nitrogen and oxygen atoms in total. The van der Waals surface area contributed by atoms with E-state index in [0.29, 0.717) is 12.5 Å². The van der Waals surface area contributed by atoms with Gasteiger partial charge in [0.15, 0.2) is 0 Å². The van der Waals surface area contributed by atoms with Gasteiger partial charge in [0.2, 0.25) is 5.91 Å². The van der Waals surface area contributed by atoms with Crippen molar-refractivity contribution in [2.24, 2.45) is 0 Å². The molecule has 2 rings (SSSR count). The molecule has 2 aliphatic rings. The number of nitrogens with one attached hydrogen (secondary N) is 2. The van der Waals surface area contributed by atoms with Crippen LogP contribution in [0.5, 0.6) is 0 Å². The molecule has 17 heavy (non-hydrogen) atoms. The van der Waals surface area contributed by atoms with E-state index in [4.69, 9.17) is 0 Å². The third-order valence-corrected chi connectivity index (χ3v) is 5.30. The van der Waals surface area contributed by atoms with Crippen LogP contribution in [0.2, 0.25) is 0 Å². The normalized spacial score (nSPS) is 27.9. The van der Waals surface area contributed by atoms with Crippen molar-refractivity contribution in [1.29, 1.82) is 0 Å². The second-order valence-electron chi connectivity index (χ2n) is 5.40. The number of carbonyl (C=O) groups excluding carboxylic acids is 1. The number of rotatable bonds is 4. The van der Waals surface area contributed by atoms with E-state index in [1.807, 2.05) is 18.8 Å². The quantitative estimate of drug-likeness (QED) is 0.807. The average molecular weight is 256 g/mol. The van der Waals surface area contributed by atoms with Gasteiger partial charge in [0.05, 0.1) is 0 Å². The van der Waals surface area contributed by atoms with E-state index in [1.54, 1.807) is 0 Å². The second-order valence-corrected chi connectivity index (χ2v) is 6.55. The maximum Gasteiger partial charge on any atom is 0.222 e. The summed E-state index contributed by atoms with van der Waals surface area (Å²) < 4.78 is 0. The summed E-state index contributed by atoms with van der Waals surface area (Å²) in [5.41, 5.74) is 0.0775. The Labute approximate surface area is 108 Å². The smallest absolute Gasteiger partial charge is 0.222 e. The summed E-state index contributed by atoms with van der Waals surface area (Å²) in [5, 5.41) is 6.59. The molecule has 1 amide bonds. The standard InChI is InChI=1S/C13H24N2OS/c1-14-13(6-3-2-4-7-13)9-12(16)15-11-5-8-17-10-11/h11,14H,2-10H2,1H3,(H,15,16). The van der Waals surface area contributed by atoms with Crippen LogP contribution in [-0.2, 0) is 4.79 Å². The Balaban J connectivity index is 1.82. The highest BCUT2D eigenvalue weighted by Gasteiger charge is 2.33. The van der Waals surface area contributed by atoms with E-state index in [9.17, 15) is 4.79 Å². The third kappa shape index (κ3) is 3.62. The number of hydrogen-bond acceptors (Lipinski definition) is 3. The molecule has 98 valence electrons. The van der Waals surface area contributed by atoms with Crippen molar-refractivity contribution in [2.75, 3.05) is 18.6 Å². The average Bonchev–Trinajstić information content (AvgIpc) is 2.83. The van der Waals surface area contributed by atoms with Crippen molar-refractivity contribution in [3.63, 3.8) is 0 Å². The molecular formula is C13H24N2OS.